The van der Waals surface area contributed by atoms with Gasteiger partial charge in [0, 0.05) is 18.7 Å². The number of imidazole rings is 1. The molecule has 202 valence electrons. The lowest BCUT2D eigenvalue weighted by Gasteiger charge is -2.13. The van der Waals surface area contributed by atoms with Gasteiger partial charge in [0.1, 0.15) is 16.5 Å². The number of thioether (sulfide) groups is 1. The van der Waals surface area contributed by atoms with Crippen LogP contribution in [-0.2, 0) is 26.1 Å². The molecule has 0 fully saturated rings. The van der Waals surface area contributed by atoms with Crippen LogP contribution in [0.2, 0.25) is 0 Å². The summed E-state index contributed by atoms with van der Waals surface area (Å²) in [6, 6.07) is 12.7. The first kappa shape index (κ1) is 28.9. The molecule has 0 saturated carbocycles. The number of hydrogen-bond donors (Lipinski definition) is 2. The first-order valence-electron chi connectivity index (χ1n) is 11.9. The maximum Gasteiger partial charge on any atom is 0.381 e. The van der Waals surface area contributed by atoms with Crippen molar-refractivity contribution in [2.75, 3.05) is 19.4 Å². The number of hydrogen-bond acceptors (Lipinski definition) is 8. The van der Waals surface area contributed by atoms with Gasteiger partial charge in [-0.1, -0.05) is 49.4 Å². The van der Waals surface area contributed by atoms with Gasteiger partial charge in [0.2, 0.25) is 0 Å². The standard InChI is InChI=1S/C26H30N4O6S2/c1-5-15-27-26(33)29-38(34,35)21-10-8-7-9-20(21)19-13-11-18(12-14-19)16-30-17(3)28-24(37-4)22(30)23(31)25(32)36-6-2/h7-14H,5-6,15-16H2,1-4H3,(H2,27,29,33). The van der Waals surface area contributed by atoms with E-state index in [2.05, 4.69) is 15.0 Å². The Hall–Kier alpha value is -3.64. The Morgan fingerprint density at radius 3 is 2.37 bits per heavy atom. The number of urea groups is 1. The average molecular weight is 559 g/mol. The van der Waals surface area contributed by atoms with Crippen LogP contribution in [0.25, 0.3) is 11.1 Å². The summed E-state index contributed by atoms with van der Waals surface area (Å²) in [6.45, 7) is 5.95. The second-order valence-corrected chi connectivity index (χ2v) is 10.7. The minimum absolute atomic E-state index is 0.0308. The predicted molar refractivity (Wildman–Crippen MR) is 145 cm³/mol. The Bertz CT molecular complexity index is 1430. The SMILES string of the molecule is CCCNC(=O)NS(=O)(=O)c1ccccc1-c1ccc(Cn2c(C)nc(SC)c2C(=O)C(=O)OCC)cc1. The van der Waals surface area contributed by atoms with Gasteiger partial charge >= 0.3 is 12.0 Å². The van der Waals surface area contributed by atoms with Crippen LogP contribution in [0.3, 0.4) is 0 Å². The van der Waals surface area contributed by atoms with Gasteiger partial charge in [-0.3, -0.25) is 4.79 Å². The zero-order valence-electron chi connectivity index (χ0n) is 21.6. The lowest BCUT2D eigenvalue weighted by atomic mass is 10.0. The third kappa shape index (κ3) is 6.62. The number of esters is 1. The van der Waals surface area contributed by atoms with Crippen LogP contribution in [0.1, 0.15) is 42.1 Å². The van der Waals surface area contributed by atoms with Crippen LogP contribution >= 0.6 is 11.8 Å². The first-order valence-corrected chi connectivity index (χ1v) is 14.6. The molecule has 12 heteroatoms. The molecule has 2 amide bonds. The summed E-state index contributed by atoms with van der Waals surface area (Å²) in [5, 5.41) is 2.93. The lowest BCUT2D eigenvalue weighted by molar-refractivity contribution is -0.137. The molecule has 0 unspecified atom stereocenters. The van der Waals surface area contributed by atoms with Gasteiger partial charge in [0.25, 0.3) is 15.8 Å². The highest BCUT2D eigenvalue weighted by Gasteiger charge is 2.28. The fraction of sp³-hybridized carbons (Fsp3) is 0.308. The van der Waals surface area contributed by atoms with Crippen LogP contribution in [0, 0.1) is 6.92 Å². The largest absolute Gasteiger partial charge is 0.460 e. The monoisotopic (exact) mass is 558 g/mol. The van der Waals surface area contributed by atoms with Gasteiger partial charge in [-0.15, -0.1) is 11.8 Å². The molecule has 1 aromatic heterocycles. The van der Waals surface area contributed by atoms with Crippen LogP contribution < -0.4 is 10.0 Å². The second-order valence-electron chi connectivity index (χ2n) is 8.21. The molecule has 0 saturated heterocycles. The summed E-state index contributed by atoms with van der Waals surface area (Å²) >= 11 is 1.26. The van der Waals surface area contributed by atoms with E-state index in [-0.39, 0.29) is 23.7 Å². The molecule has 0 radical (unpaired) electrons. The fourth-order valence-corrected chi connectivity index (χ4v) is 5.53. The number of carbonyl (C=O) groups is 3. The van der Waals surface area contributed by atoms with Gasteiger partial charge in [-0.05, 0) is 43.7 Å². The Labute approximate surface area is 226 Å². The Kier molecular flexibility index (Phi) is 9.70. The van der Waals surface area contributed by atoms with Gasteiger partial charge in [-0.2, -0.15) is 0 Å². The molecular weight excluding hydrogens is 528 g/mol. The van der Waals surface area contributed by atoms with E-state index in [1.54, 1.807) is 67.1 Å². The first-order chi connectivity index (χ1) is 18.1. The maximum atomic E-state index is 12.9. The van der Waals surface area contributed by atoms with Crippen molar-refractivity contribution in [3.05, 3.63) is 65.6 Å². The van der Waals surface area contributed by atoms with Crippen molar-refractivity contribution in [1.82, 2.24) is 19.6 Å². The number of aromatic nitrogens is 2. The quantitative estimate of drug-likeness (QED) is 0.157. The minimum atomic E-state index is -4.12. The topological polar surface area (TPSA) is 136 Å². The van der Waals surface area contributed by atoms with E-state index < -0.39 is 27.8 Å². The average Bonchev–Trinajstić information content (AvgIpc) is 3.22. The molecule has 3 rings (SSSR count). The summed E-state index contributed by atoms with van der Waals surface area (Å²) in [7, 11) is -4.12. The molecule has 1 heterocycles. The molecule has 0 atom stereocenters. The van der Waals surface area contributed by atoms with Crippen molar-refractivity contribution in [2.24, 2.45) is 0 Å². The van der Waals surface area contributed by atoms with E-state index in [0.29, 0.717) is 34.9 Å². The van der Waals surface area contributed by atoms with Crippen LogP contribution in [0.15, 0.2) is 58.5 Å². The van der Waals surface area contributed by atoms with Crippen LogP contribution in [0.4, 0.5) is 4.79 Å². The van der Waals surface area contributed by atoms with Gasteiger partial charge in [0.15, 0.2) is 0 Å². The number of ketones is 1. The summed E-state index contributed by atoms with van der Waals surface area (Å²) in [5.74, 6) is -1.13. The third-order valence-electron chi connectivity index (χ3n) is 5.54. The molecular formula is C26H30N4O6S2. The van der Waals surface area contributed by atoms with E-state index in [0.717, 1.165) is 5.56 Å². The van der Waals surface area contributed by atoms with Crippen molar-refractivity contribution in [2.45, 2.75) is 43.7 Å². The molecule has 38 heavy (non-hydrogen) atoms. The molecule has 0 aliphatic heterocycles. The van der Waals surface area contributed by atoms with Crippen molar-refractivity contribution in [1.29, 1.82) is 0 Å². The molecule has 0 aliphatic rings. The molecule has 10 nitrogen and oxygen atoms in total. The molecule has 0 aliphatic carbocycles. The maximum absolute atomic E-state index is 12.9. The number of benzene rings is 2. The van der Waals surface area contributed by atoms with Crippen molar-refractivity contribution in [3.8, 4) is 11.1 Å². The van der Waals surface area contributed by atoms with Crippen molar-refractivity contribution in [3.63, 3.8) is 0 Å². The number of Topliss-reactive ketones (excluding diaryl/α,β-unsaturated/α-hetero) is 1. The van der Waals surface area contributed by atoms with E-state index in [1.807, 2.05) is 6.92 Å². The summed E-state index contributed by atoms with van der Waals surface area (Å²) in [5.41, 5.74) is 2.02. The second kappa shape index (κ2) is 12.7. The summed E-state index contributed by atoms with van der Waals surface area (Å²) in [6.07, 6.45) is 2.45. The Morgan fingerprint density at radius 2 is 1.74 bits per heavy atom. The third-order valence-corrected chi connectivity index (χ3v) is 7.60. The molecule has 0 bridgehead atoms. The highest BCUT2D eigenvalue weighted by atomic mass is 32.2. The summed E-state index contributed by atoms with van der Waals surface area (Å²) in [4.78, 5) is 41.4. The van der Waals surface area contributed by atoms with E-state index in [4.69, 9.17) is 4.74 Å². The number of carbonyl (C=O) groups excluding carboxylic acids is 3. The molecule has 0 spiro atoms. The van der Waals surface area contributed by atoms with Gasteiger partial charge in [0.05, 0.1) is 11.5 Å². The zero-order chi connectivity index (χ0) is 27.9. The number of rotatable bonds is 11. The highest BCUT2D eigenvalue weighted by molar-refractivity contribution is 7.98. The Balaban J connectivity index is 1.91. The van der Waals surface area contributed by atoms with E-state index >= 15 is 0 Å². The normalized spacial score (nSPS) is 11.2. The lowest BCUT2D eigenvalue weighted by Crippen LogP contribution is -2.39. The minimum Gasteiger partial charge on any atom is -0.460 e. The predicted octanol–water partition coefficient (Wildman–Crippen LogP) is 3.77. The number of nitrogens with one attached hydrogen (secondary N) is 2. The number of aryl methyl sites for hydroxylation is 1. The highest BCUT2D eigenvalue weighted by Crippen LogP contribution is 2.28. The van der Waals surface area contributed by atoms with E-state index in [1.165, 1.54) is 17.8 Å². The number of ether oxygens (including phenoxy) is 1. The van der Waals surface area contributed by atoms with Gasteiger partial charge in [-0.25, -0.2) is 27.7 Å². The fourth-order valence-electron chi connectivity index (χ4n) is 3.75. The molecule has 2 aromatic carbocycles. The molecule has 3 aromatic rings. The number of nitrogens with zero attached hydrogens (tertiary/aromatic N) is 2. The van der Waals surface area contributed by atoms with Crippen LogP contribution in [0.5, 0.6) is 0 Å². The molecule has 2 N–H and O–H groups in total. The number of amides is 2. The van der Waals surface area contributed by atoms with Crippen molar-refractivity contribution >= 4 is 39.6 Å². The summed E-state index contributed by atoms with van der Waals surface area (Å²) < 4.78 is 34.5. The smallest absolute Gasteiger partial charge is 0.381 e. The van der Waals surface area contributed by atoms with Crippen LogP contribution in [-0.4, -0.2) is 55.2 Å². The van der Waals surface area contributed by atoms with Crippen molar-refractivity contribution < 1.29 is 27.5 Å². The Morgan fingerprint density at radius 1 is 1.05 bits per heavy atom. The number of sulfonamides is 1. The van der Waals surface area contributed by atoms with Gasteiger partial charge < -0.3 is 14.6 Å². The van der Waals surface area contributed by atoms with E-state index in [9.17, 15) is 22.8 Å². The zero-order valence-corrected chi connectivity index (χ0v) is 23.2.